The van der Waals surface area contributed by atoms with Gasteiger partial charge in [-0.1, -0.05) is 23.7 Å². The number of aromatic nitrogens is 2. The first kappa shape index (κ1) is 17.4. The van der Waals surface area contributed by atoms with E-state index < -0.39 is 15.7 Å². The molecule has 0 unspecified atom stereocenters. The number of fused-ring (bicyclic) bond motifs is 1. The summed E-state index contributed by atoms with van der Waals surface area (Å²) in [5.74, 6) is 0.229. The number of sulfone groups is 1. The standard InChI is InChI=1S/C17H16ClN3O3S/c1-21-15-6-4-3-5-14(15)20-16(21)10-19-17(22)12-9-11(25(2,23)24)7-8-13(12)18/h3-9H,10H2,1-2H3,(H,19,22). The number of hydrogen-bond acceptors (Lipinski definition) is 4. The van der Waals surface area contributed by atoms with E-state index >= 15 is 0 Å². The van der Waals surface area contributed by atoms with Crippen molar-refractivity contribution in [3.63, 3.8) is 0 Å². The predicted molar refractivity (Wildman–Crippen MR) is 96.4 cm³/mol. The van der Waals surface area contributed by atoms with Crippen molar-refractivity contribution in [1.29, 1.82) is 0 Å². The fourth-order valence-corrected chi connectivity index (χ4v) is 3.37. The minimum atomic E-state index is -3.42. The molecule has 0 aliphatic heterocycles. The minimum Gasteiger partial charge on any atom is -0.345 e. The molecule has 1 heterocycles. The van der Waals surface area contributed by atoms with Gasteiger partial charge in [0.25, 0.3) is 5.91 Å². The first-order chi connectivity index (χ1) is 11.8. The maximum absolute atomic E-state index is 12.4. The highest BCUT2D eigenvalue weighted by molar-refractivity contribution is 7.90. The second kappa shape index (κ2) is 6.50. The molecule has 0 aliphatic rings. The number of imidazole rings is 1. The Morgan fingerprint density at radius 3 is 2.64 bits per heavy atom. The number of benzene rings is 2. The number of amides is 1. The van der Waals surface area contributed by atoms with E-state index in [1.807, 2.05) is 35.9 Å². The lowest BCUT2D eigenvalue weighted by molar-refractivity contribution is 0.0949. The van der Waals surface area contributed by atoms with E-state index in [0.29, 0.717) is 5.82 Å². The molecular weight excluding hydrogens is 362 g/mol. The van der Waals surface area contributed by atoms with Gasteiger partial charge in [-0.3, -0.25) is 4.79 Å². The molecule has 2 aromatic carbocycles. The van der Waals surface area contributed by atoms with Crippen molar-refractivity contribution >= 4 is 38.4 Å². The van der Waals surface area contributed by atoms with E-state index in [1.54, 1.807) is 0 Å². The highest BCUT2D eigenvalue weighted by Crippen LogP contribution is 2.21. The molecule has 0 fully saturated rings. The summed E-state index contributed by atoms with van der Waals surface area (Å²) in [6.07, 6.45) is 1.08. The van der Waals surface area contributed by atoms with Crippen molar-refractivity contribution in [2.45, 2.75) is 11.4 Å². The van der Waals surface area contributed by atoms with Gasteiger partial charge in [-0.2, -0.15) is 0 Å². The van der Waals surface area contributed by atoms with Crippen molar-refractivity contribution < 1.29 is 13.2 Å². The number of carbonyl (C=O) groups excluding carboxylic acids is 1. The highest BCUT2D eigenvalue weighted by Gasteiger charge is 2.16. The normalized spacial score (nSPS) is 11.6. The van der Waals surface area contributed by atoms with Crippen LogP contribution in [0, 0.1) is 0 Å². The third kappa shape index (κ3) is 3.52. The molecular formula is C17H16ClN3O3S. The van der Waals surface area contributed by atoms with Crippen LogP contribution in [-0.4, -0.2) is 30.1 Å². The summed E-state index contributed by atoms with van der Waals surface area (Å²) in [5.41, 5.74) is 1.92. The monoisotopic (exact) mass is 377 g/mol. The second-order valence-corrected chi connectivity index (χ2v) is 8.10. The van der Waals surface area contributed by atoms with Crippen LogP contribution >= 0.6 is 11.6 Å². The molecule has 1 N–H and O–H groups in total. The number of rotatable bonds is 4. The molecule has 1 amide bonds. The van der Waals surface area contributed by atoms with E-state index in [2.05, 4.69) is 10.3 Å². The maximum atomic E-state index is 12.4. The van der Waals surface area contributed by atoms with Crippen LogP contribution in [0.15, 0.2) is 47.4 Å². The summed E-state index contributed by atoms with van der Waals surface area (Å²) in [4.78, 5) is 16.9. The number of carbonyl (C=O) groups is 1. The van der Waals surface area contributed by atoms with E-state index in [1.165, 1.54) is 18.2 Å². The van der Waals surface area contributed by atoms with Crippen LogP contribution in [-0.2, 0) is 23.4 Å². The van der Waals surface area contributed by atoms with Gasteiger partial charge in [0.1, 0.15) is 5.82 Å². The first-order valence-electron chi connectivity index (χ1n) is 7.45. The summed E-state index contributed by atoms with van der Waals surface area (Å²) in [6, 6.07) is 11.7. The lowest BCUT2D eigenvalue weighted by Crippen LogP contribution is -2.25. The molecule has 0 saturated carbocycles. The third-order valence-electron chi connectivity index (χ3n) is 3.90. The van der Waals surface area contributed by atoms with Crippen molar-refractivity contribution in [1.82, 2.24) is 14.9 Å². The van der Waals surface area contributed by atoms with Crippen molar-refractivity contribution in [3.8, 4) is 0 Å². The van der Waals surface area contributed by atoms with Gasteiger partial charge < -0.3 is 9.88 Å². The topological polar surface area (TPSA) is 81.1 Å². The summed E-state index contributed by atoms with van der Waals surface area (Å²) in [5, 5.41) is 2.92. The Hall–Kier alpha value is -2.38. The third-order valence-corrected chi connectivity index (χ3v) is 5.34. The zero-order valence-corrected chi connectivity index (χ0v) is 15.2. The second-order valence-electron chi connectivity index (χ2n) is 5.67. The van der Waals surface area contributed by atoms with Crippen LogP contribution in [0.25, 0.3) is 11.0 Å². The Labute approximate surface area is 150 Å². The molecule has 0 aliphatic carbocycles. The summed E-state index contributed by atoms with van der Waals surface area (Å²) in [6.45, 7) is 0.198. The molecule has 0 radical (unpaired) electrons. The molecule has 8 heteroatoms. The zero-order chi connectivity index (χ0) is 18.2. The molecule has 3 aromatic rings. The summed E-state index contributed by atoms with van der Waals surface area (Å²) < 4.78 is 25.2. The Morgan fingerprint density at radius 1 is 1.24 bits per heavy atom. The van der Waals surface area contributed by atoms with Crippen LogP contribution in [0.4, 0.5) is 0 Å². The fourth-order valence-electron chi connectivity index (χ4n) is 2.52. The van der Waals surface area contributed by atoms with E-state index in [9.17, 15) is 13.2 Å². The number of nitrogens with zero attached hydrogens (tertiary/aromatic N) is 2. The average molecular weight is 378 g/mol. The minimum absolute atomic E-state index is 0.0461. The highest BCUT2D eigenvalue weighted by atomic mass is 35.5. The number of halogens is 1. The van der Waals surface area contributed by atoms with E-state index in [0.717, 1.165) is 17.3 Å². The molecule has 0 saturated heterocycles. The van der Waals surface area contributed by atoms with Crippen LogP contribution in [0.5, 0.6) is 0 Å². The van der Waals surface area contributed by atoms with Crippen LogP contribution in [0.2, 0.25) is 5.02 Å². The number of nitrogens with one attached hydrogen (secondary N) is 1. The van der Waals surface area contributed by atoms with Crippen molar-refractivity contribution in [2.75, 3.05) is 6.26 Å². The molecule has 3 rings (SSSR count). The molecule has 130 valence electrons. The van der Waals surface area contributed by atoms with Crippen molar-refractivity contribution in [2.24, 2.45) is 7.05 Å². The van der Waals surface area contributed by atoms with Gasteiger partial charge in [0.05, 0.1) is 33.1 Å². The van der Waals surface area contributed by atoms with Gasteiger partial charge >= 0.3 is 0 Å². The van der Waals surface area contributed by atoms with E-state index in [-0.39, 0.29) is 22.0 Å². The molecule has 0 bridgehead atoms. The summed E-state index contributed by atoms with van der Waals surface area (Å²) in [7, 11) is -1.55. The summed E-state index contributed by atoms with van der Waals surface area (Å²) >= 11 is 6.04. The van der Waals surface area contributed by atoms with Crippen LogP contribution < -0.4 is 5.32 Å². The molecule has 1 aromatic heterocycles. The number of para-hydroxylation sites is 2. The SMILES string of the molecule is Cn1c(CNC(=O)c2cc(S(C)(=O)=O)ccc2Cl)nc2ccccc21. The lowest BCUT2D eigenvalue weighted by Gasteiger charge is -2.08. The van der Waals surface area contributed by atoms with Crippen LogP contribution in [0.3, 0.4) is 0 Å². The molecule has 0 atom stereocenters. The lowest BCUT2D eigenvalue weighted by atomic mass is 10.2. The van der Waals surface area contributed by atoms with Crippen LogP contribution in [0.1, 0.15) is 16.2 Å². The fraction of sp³-hybridized carbons (Fsp3) is 0.176. The zero-order valence-electron chi connectivity index (χ0n) is 13.7. The largest absolute Gasteiger partial charge is 0.345 e. The Bertz CT molecular complexity index is 1070. The first-order valence-corrected chi connectivity index (χ1v) is 9.72. The Balaban J connectivity index is 1.84. The molecule has 0 spiro atoms. The Morgan fingerprint density at radius 2 is 1.96 bits per heavy atom. The predicted octanol–water partition coefficient (Wildman–Crippen LogP) is 2.56. The van der Waals surface area contributed by atoms with Gasteiger partial charge in [-0.15, -0.1) is 0 Å². The van der Waals surface area contributed by atoms with Gasteiger partial charge in [-0.25, -0.2) is 13.4 Å². The molecule has 6 nitrogen and oxygen atoms in total. The van der Waals surface area contributed by atoms with Gasteiger partial charge in [0.15, 0.2) is 9.84 Å². The van der Waals surface area contributed by atoms with Crippen molar-refractivity contribution in [3.05, 3.63) is 58.9 Å². The smallest absolute Gasteiger partial charge is 0.253 e. The van der Waals surface area contributed by atoms with Gasteiger partial charge in [0, 0.05) is 13.3 Å². The Kier molecular flexibility index (Phi) is 4.53. The van der Waals surface area contributed by atoms with Gasteiger partial charge in [-0.05, 0) is 30.3 Å². The average Bonchev–Trinajstić information content (AvgIpc) is 2.88. The quantitative estimate of drug-likeness (QED) is 0.757. The number of aryl methyl sites for hydroxylation is 1. The number of hydrogen-bond donors (Lipinski definition) is 1. The van der Waals surface area contributed by atoms with E-state index in [4.69, 9.17) is 11.6 Å². The molecule has 25 heavy (non-hydrogen) atoms. The maximum Gasteiger partial charge on any atom is 0.253 e. The van der Waals surface area contributed by atoms with Gasteiger partial charge in [0.2, 0.25) is 0 Å².